The Labute approximate surface area is 144 Å². The molecule has 134 valence electrons. The van der Waals surface area contributed by atoms with E-state index in [4.69, 9.17) is 5.73 Å². The molecule has 3 nitrogen and oxygen atoms in total. The molecule has 0 radical (unpaired) electrons. The van der Waals surface area contributed by atoms with Crippen molar-refractivity contribution in [3.05, 3.63) is 12.2 Å². The fraction of sp³-hybridized carbons (Fsp3) is 0.850. The lowest BCUT2D eigenvalue weighted by Crippen LogP contribution is -2.43. The summed E-state index contributed by atoms with van der Waals surface area (Å²) >= 11 is 0. The van der Waals surface area contributed by atoms with E-state index in [2.05, 4.69) is 29.0 Å². The van der Waals surface area contributed by atoms with Crippen molar-refractivity contribution in [2.75, 3.05) is 6.54 Å². The van der Waals surface area contributed by atoms with Crippen LogP contribution in [0.25, 0.3) is 0 Å². The molecule has 23 heavy (non-hydrogen) atoms. The molecule has 0 fully saturated rings. The van der Waals surface area contributed by atoms with E-state index < -0.39 is 0 Å². The van der Waals surface area contributed by atoms with Crippen LogP contribution in [0.4, 0.5) is 0 Å². The quantitative estimate of drug-likeness (QED) is 0.350. The van der Waals surface area contributed by atoms with Gasteiger partial charge in [0.2, 0.25) is 0 Å². The first-order chi connectivity index (χ1) is 11.3. The van der Waals surface area contributed by atoms with Gasteiger partial charge in [0.1, 0.15) is 6.17 Å². The Morgan fingerprint density at radius 2 is 1.65 bits per heavy atom. The van der Waals surface area contributed by atoms with E-state index in [-0.39, 0.29) is 6.17 Å². The van der Waals surface area contributed by atoms with Gasteiger partial charge in [-0.1, -0.05) is 57.6 Å². The predicted octanol–water partition coefficient (Wildman–Crippen LogP) is 5.26. The van der Waals surface area contributed by atoms with Gasteiger partial charge in [0.25, 0.3) is 0 Å². The second-order valence-electron chi connectivity index (χ2n) is 6.92. The molecule has 0 saturated heterocycles. The van der Waals surface area contributed by atoms with E-state index in [1.54, 1.807) is 0 Å². The van der Waals surface area contributed by atoms with Crippen molar-refractivity contribution in [1.82, 2.24) is 4.90 Å². The Kier molecular flexibility index (Phi) is 12.2. The number of aliphatic imine (C=N–C) groups is 1. The zero-order valence-electron chi connectivity index (χ0n) is 15.6. The van der Waals surface area contributed by atoms with Crippen LogP contribution in [0.1, 0.15) is 90.9 Å². The summed E-state index contributed by atoms with van der Waals surface area (Å²) in [7, 11) is 0. The minimum Gasteiger partial charge on any atom is -0.316 e. The highest BCUT2D eigenvalue weighted by Gasteiger charge is 2.22. The summed E-state index contributed by atoms with van der Waals surface area (Å²) in [5, 5.41) is 0. The summed E-state index contributed by atoms with van der Waals surface area (Å²) in [4.78, 5) is 6.81. The number of nitrogens with zero attached hydrogens (tertiary/aromatic N) is 2. The summed E-state index contributed by atoms with van der Waals surface area (Å²) in [6.07, 6.45) is 23.1. The van der Waals surface area contributed by atoms with Gasteiger partial charge in [-0.2, -0.15) is 0 Å². The standard InChI is InChI=1S/C20H39N3/c1-3-4-5-6-7-8-9-10-11-12-13-14-15-16-20-22-17-18-23(20)19(2)21/h11-12,17,19-20H,3-10,13-16,18,21H2,1-2H3/b12-11+. The topological polar surface area (TPSA) is 41.6 Å². The molecule has 1 rings (SSSR count). The van der Waals surface area contributed by atoms with Gasteiger partial charge >= 0.3 is 0 Å². The molecule has 1 aliphatic heterocycles. The van der Waals surface area contributed by atoms with Crippen LogP contribution in [0.2, 0.25) is 0 Å². The second kappa shape index (κ2) is 13.7. The minimum absolute atomic E-state index is 0.115. The SMILES string of the molecule is CCCCCCCCC/C=C/CCCCC1N=CCN1C(C)N. The average molecular weight is 322 g/mol. The molecule has 2 N–H and O–H groups in total. The number of hydrogen-bond acceptors (Lipinski definition) is 3. The maximum absolute atomic E-state index is 5.97. The van der Waals surface area contributed by atoms with Gasteiger partial charge in [-0.15, -0.1) is 0 Å². The van der Waals surface area contributed by atoms with Crippen molar-refractivity contribution in [2.24, 2.45) is 10.7 Å². The van der Waals surface area contributed by atoms with Crippen molar-refractivity contribution >= 4 is 6.21 Å². The van der Waals surface area contributed by atoms with Crippen LogP contribution in [0.3, 0.4) is 0 Å². The van der Waals surface area contributed by atoms with Crippen LogP contribution < -0.4 is 5.73 Å². The van der Waals surface area contributed by atoms with E-state index in [0.29, 0.717) is 6.17 Å². The van der Waals surface area contributed by atoms with Crippen molar-refractivity contribution < 1.29 is 0 Å². The lowest BCUT2D eigenvalue weighted by atomic mass is 10.1. The first kappa shape index (κ1) is 20.4. The fourth-order valence-corrected chi connectivity index (χ4v) is 3.19. The summed E-state index contributed by atoms with van der Waals surface area (Å²) in [5.74, 6) is 0. The molecule has 0 aromatic heterocycles. The first-order valence-corrected chi connectivity index (χ1v) is 9.93. The van der Waals surface area contributed by atoms with Gasteiger partial charge in [0.05, 0.1) is 6.17 Å². The molecule has 0 aromatic rings. The van der Waals surface area contributed by atoms with Crippen LogP contribution in [-0.4, -0.2) is 30.0 Å². The van der Waals surface area contributed by atoms with Crippen LogP contribution in [0, 0.1) is 0 Å². The number of hydrogen-bond donors (Lipinski definition) is 1. The van der Waals surface area contributed by atoms with Gasteiger partial charge in [-0.3, -0.25) is 9.89 Å². The van der Waals surface area contributed by atoms with E-state index in [9.17, 15) is 0 Å². The van der Waals surface area contributed by atoms with Gasteiger partial charge in [-0.05, 0) is 45.4 Å². The predicted molar refractivity (Wildman–Crippen MR) is 103 cm³/mol. The molecule has 2 atom stereocenters. The Morgan fingerprint density at radius 1 is 1.04 bits per heavy atom. The number of nitrogens with two attached hydrogens (primary N) is 1. The highest BCUT2D eigenvalue weighted by atomic mass is 15.3. The summed E-state index contributed by atoms with van der Waals surface area (Å²) in [6.45, 7) is 5.25. The molecular formula is C20H39N3. The molecule has 1 heterocycles. The molecule has 0 saturated carbocycles. The largest absolute Gasteiger partial charge is 0.316 e. The highest BCUT2D eigenvalue weighted by Crippen LogP contribution is 2.16. The minimum atomic E-state index is 0.115. The van der Waals surface area contributed by atoms with Crippen molar-refractivity contribution in [2.45, 2.75) is 103 Å². The molecular weight excluding hydrogens is 282 g/mol. The van der Waals surface area contributed by atoms with Crippen molar-refractivity contribution in [3.8, 4) is 0 Å². The van der Waals surface area contributed by atoms with Gasteiger partial charge in [-0.25, -0.2) is 0 Å². The molecule has 0 aliphatic carbocycles. The summed E-state index contributed by atoms with van der Waals surface area (Å²) in [6, 6.07) is 0. The molecule has 0 bridgehead atoms. The van der Waals surface area contributed by atoms with Gasteiger partial charge < -0.3 is 5.73 Å². The lowest BCUT2D eigenvalue weighted by Gasteiger charge is -2.26. The number of allylic oxidation sites excluding steroid dienone is 2. The second-order valence-corrected chi connectivity index (χ2v) is 6.92. The smallest absolute Gasteiger partial charge is 0.103 e. The van der Waals surface area contributed by atoms with Crippen molar-refractivity contribution in [1.29, 1.82) is 0 Å². The fourth-order valence-electron chi connectivity index (χ4n) is 3.19. The first-order valence-electron chi connectivity index (χ1n) is 9.93. The lowest BCUT2D eigenvalue weighted by molar-refractivity contribution is 0.182. The number of rotatable bonds is 14. The van der Waals surface area contributed by atoms with Crippen LogP contribution >= 0.6 is 0 Å². The Balaban J connectivity index is 1.88. The normalized spacial score (nSPS) is 19.9. The third-order valence-electron chi connectivity index (χ3n) is 4.70. The molecule has 2 unspecified atom stereocenters. The molecule has 0 amide bonds. The van der Waals surface area contributed by atoms with Crippen LogP contribution in [0.15, 0.2) is 17.1 Å². The van der Waals surface area contributed by atoms with E-state index in [1.807, 2.05) is 13.1 Å². The van der Waals surface area contributed by atoms with Gasteiger partial charge in [0, 0.05) is 12.8 Å². The zero-order valence-corrected chi connectivity index (χ0v) is 15.6. The average Bonchev–Trinajstić information content (AvgIpc) is 3.00. The third-order valence-corrected chi connectivity index (χ3v) is 4.70. The van der Waals surface area contributed by atoms with Crippen LogP contribution in [-0.2, 0) is 0 Å². The molecule has 1 aliphatic rings. The Morgan fingerprint density at radius 3 is 2.30 bits per heavy atom. The maximum atomic E-state index is 5.97. The monoisotopic (exact) mass is 321 g/mol. The van der Waals surface area contributed by atoms with Gasteiger partial charge in [0.15, 0.2) is 0 Å². The summed E-state index contributed by atoms with van der Waals surface area (Å²) < 4.78 is 0. The molecule has 0 spiro atoms. The highest BCUT2D eigenvalue weighted by molar-refractivity contribution is 5.62. The maximum Gasteiger partial charge on any atom is 0.103 e. The van der Waals surface area contributed by atoms with E-state index in [1.165, 1.54) is 70.6 Å². The molecule has 3 heteroatoms. The van der Waals surface area contributed by atoms with Crippen molar-refractivity contribution in [3.63, 3.8) is 0 Å². The Hall–Kier alpha value is -0.670. The summed E-state index contributed by atoms with van der Waals surface area (Å²) in [5.41, 5.74) is 5.97. The number of unbranched alkanes of at least 4 members (excludes halogenated alkanes) is 9. The zero-order chi connectivity index (χ0) is 16.8. The van der Waals surface area contributed by atoms with E-state index >= 15 is 0 Å². The third kappa shape index (κ3) is 9.93. The van der Waals surface area contributed by atoms with Crippen LogP contribution in [0.5, 0.6) is 0 Å². The van der Waals surface area contributed by atoms with E-state index in [0.717, 1.165) is 13.0 Å². The molecule has 0 aromatic carbocycles. The Bertz CT molecular complexity index is 323.